The first-order valence-electron chi connectivity index (χ1n) is 17.0. The van der Waals surface area contributed by atoms with Gasteiger partial charge in [0.2, 0.25) is 0 Å². The second-order valence-corrected chi connectivity index (χ2v) is 14.0. The molecule has 0 aliphatic carbocycles. The molecule has 0 saturated carbocycles. The Balaban J connectivity index is 1.48. The smallest absolute Gasteiger partial charge is 0.410 e. The van der Waals surface area contributed by atoms with Crippen molar-refractivity contribution in [1.29, 1.82) is 0 Å². The van der Waals surface area contributed by atoms with Crippen LogP contribution in [0.2, 0.25) is 0 Å². The number of fused-ring (bicyclic) bond motifs is 1. The van der Waals surface area contributed by atoms with Crippen LogP contribution < -0.4 is 14.8 Å². The van der Waals surface area contributed by atoms with Crippen molar-refractivity contribution in [2.24, 2.45) is 5.92 Å². The van der Waals surface area contributed by atoms with Crippen LogP contribution in [0.25, 0.3) is 0 Å². The Bertz CT molecular complexity index is 1440. The van der Waals surface area contributed by atoms with E-state index in [1.807, 2.05) is 63.2 Å². The van der Waals surface area contributed by atoms with Gasteiger partial charge < -0.3 is 54.3 Å². The summed E-state index contributed by atoms with van der Waals surface area (Å²) in [6.45, 7) is 5.07. The summed E-state index contributed by atoms with van der Waals surface area (Å²) in [5.74, 6) is 0.392. The summed E-state index contributed by atoms with van der Waals surface area (Å²) < 4.78 is 29.9. The number of rotatable bonds is 11. The number of hydrogen-bond donors (Lipinski definition) is 5. The minimum atomic E-state index is -1.09. The van der Waals surface area contributed by atoms with Crippen LogP contribution in [0, 0.1) is 12.8 Å². The molecule has 49 heavy (non-hydrogen) atoms. The number of aliphatic hydroxyl groups is 3. The minimum absolute atomic E-state index is 0.0327. The zero-order valence-corrected chi connectivity index (χ0v) is 29.6. The molecule has 0 bridgehead atoms. The van der Waals surface area contributed by atoms with Gasteiger partial charge in [0.05, 0.1) is 63.3 Å². The maximum Gasteiger partial charge on any atom is 0.410 e. The van der Waals surface area contributed by atoms with E-state index in [0.29, 0.717) is 29.7 Å². The summed E-state index contributed by atoms with van der Waals surface area (Å²) in [5, 5.41) is 47.5. The summed E-state index contributed by atoms with van der Waals surface area (Å²) >= 11 is 0. The molecule has 13 heteroatoms. The average Bonchev–Trinajstić information content (AvgIpc) is 3.45. The van der Waals surface area contributed by atoms with E-state index in [2.05, 4.69) is 5.32 Å². The maximum atomic E-state index is 13.8. The number of likely N-dealkylation sites (N-methyl/N-ethyl adjacent to an activating group) is 1. The van der Waals surface area contributed by atoms with Gasteiger partial charge in [-0.25, -0.2) is 4.79 Å². The molecule has 3 heterocycles. The summed E-state index contributed by atoms with van der Waals surface area (Å²) in [6.07, 6.45) is -0.718. The Morgan fingerprint density at radius 1 is 1.12 bits per heavy atom. The third-order valence-electron chi connectivity index (χ3n) is 10.4. The molecule has 2 aromatic carbocycles. The van der Waals surface area contributed by atoms with Crippen LogP contribution in [0.1, 0.15) is 55.0 Å². The van der Waals surface area contributed by atoms with Crippen LogP contribution in [-0.2, 0) is 27.2 Å². The number of ether oxygens (including phenoxy) is 5. The molecule has 13 nitrogen and oxygen atoms in total. The molecule has 2 saturated heterocycles. The Hall–Kier alpha value is -3.17. The molecule has 272 valence electrons. The van der Waals surface area contributed by atoms with Gasteiger partial charge >= 0.3 is 6.09 Å². The fourth-order valence-electron chi connectivity index (χ4n) is 8.58. The lowest BCUT2D eigenvalue weighted by molar-refractivity contribution is -0.257. The number of nitrogens with zero attached hydrogens (tertiary/aromatic N) is 2. The van der Waals surface area contributed by atoms with Gasteiger partial charge in [-0.05, 0) is 53.3 Å². The highest BCUT2D eigenvalue weighted by Gasteiger charge is 2.51. The quantitative estimate of drug-likeness (QED) is 0.235. The lowest BCUT2D eigenvalue weighted by Gasteiger charge is -2.48. The number of likely N-dealkylation sites (tertiary alicyclic amines) is 1. The highest BCUT2D eigenvalue weighted by Crippen LogP contribution is 2.49. The lowest BCUT2D eigenvalue weighted by Crippen LogP contribution is -2.61. The summed E-state index contributed by atoms with van der Waals surface area (Å²) in [5.41, 5.74) is 1.61. The number of phenols is 1. The van der Waals surface area contributed by atoms with Crippen LogP contribution in [0.15, 0.2) is 30.3 Å². The molecule has 5 rings (SSSR count). The minimum Gasteiger partial charge on any atom is -0.504 e. The Kier molecular flexibility index (Phi) is 11.6. The van der Waals surface area contributed by atoms with Crippen LogP contribution >= 0.6 is 0 Å². The number of aliphatic hydroxyl groups excluding tert-OH is 2. The Morgan fingerprint density at radius 2 is 1.82 bits per heavy atom. The molecule has 3 aliphatic rings. The van der Waals surface area contributed by atoms with Gasteiger partial charge in [0.1, 0.15) is 12.4 Å². The molecular formula is C36H53N3O10. The summed E-state index contributed by atoms with van der Waals surface area (Å²) in [7, 11) is 6.85. The molecule has 0 spiro atoms. The molecule has 9 atom stereocenters. The zero-order valence-electron chi connectivity index (χ0n) is 29.6. The van der Waals surface area contributed by atoms with Crippen molar-refractivity contribution in [3.05, 3.63) is 52.6 Å². The molecule has 3 aliphatic heterocycles. The van der Waals surface area contributed by atoms with E-state index in [9.17, 15) is 25.2 Å². The Morgan fingerprint density at radius 3 is 2.41 bits per heavy atom. The van der Waals surface area contributed by atoms with Gasteiger partial charge in [0.15, 0.2) is 17.8 Å². The maximum absolute atomic E-state index is 13.8. The van der Waals surface area contributed by atoms with Crippen LogP contribution in [0.3, 0.4) is 0 Å². The molecule has 0 unspecified atom stereocenters. The van der Waals surface area contributed by atoms with E-state index in [1.54, 1.807) is 18.9 Å². The van der Waals surface area contributed by atoms with Crippen molar-refractivity contribution >= 4 is 6.09 Å². The van der Waals surface area contributed by atoms with E-state index in [4.69, 9.17) is 23.7 Å². The topological polar surface area (TPSA) is 163 Å². The SMILES string of the molecule is COc1c(C)c(OC)c2c(c1O)[C@H](CO[C@H]1C[C@](C)(O)[C@H](N(C)C)[C@H](C)O1)N[C@H]([C@H]1[C@H](CO)C[C@@H](CO)N1C(=O)OCc1ccccc1)C2. The molecule has 5 N–H and O–H groups in total. The third kappa shape index (κ3) is 7.34. The summed E-state index contributed by atoms with van der Waals surface area (Å²) in [4.78, 5) is 17.3. The molecule has 0 aromatic heterocycles. The highest BCUT2D eigenvalue weighted by molar-refractivity contribution is 5.70. The average molecular weight is 688 g/mol. The molecule has 0 radical (unpaired) electrons. The predicted octanol–water partition coefficient (Wildman–Crippen LogP) is 2.49. The van der Waals surface area contributed by atoms with Crippen molar-refractivity contribution in [2.75, 3.05) is 48.1 Å². The number of aromatic hydroxyl groups is 1. The van der Waals surface area contributed by atoms with E-state index in [0.717, 1.165) is 11.1 Å². The second-order valence-electron chi connectivity index (χ2n) is 14.0. The number of methoxy groups -OCH3 is 2. The largest absolute Gasteiger partial charge is 0.504 e. The fourth-order valence-corrected chi connectivity index (χ4v) is 8.58. The summed E-state index contributed by atoms with van der Waals surface area (Å²) in [6, 6.07) is 6.86. The first-order valence-corrected chi connectivity index (χ1v) is 17.0. The van der Waals surface area contributed by atoms with Gasteiger partial charge in [-0.1, -0.05) is 30.3 Å². The monoisotopic (exact) mass is 687 g/mol. The van der Waals surface area contributed by atoms with Gasteiger partial charge in [0.25, 0.3) is 0 Å². The zero-order chi connectivity index (χ0) is 35.6. The van der Waals surface area contributed by atoms with Crippen LogP contribution in [0.5, 0.6) is 17.2 Å². The van der Waals surface area contributed by atoms with Crippen molar-refractivity contribution in [2.45, 2.75) is 94.8 Å². The molecule has 2 aromatic rings. The Labute approximate surface area is 288 Å². The number of carbonyl (C=O) groups excluding carboxylic acids is 1. The van der Waals surface area contributed by atoms with Crippen molar-refractivity contribution < 1.29 is 48.9 Å². The fraction of sp³-hybridized carbons (Fsp3) is 0.639. The molecule has 1 amide bonds. The first-order chi connectivity index (χ1) is 23.4. The number of hydrogen-bond acceptors (Lipinski definition) is 12. The van der Waals surface area contributed by atoms with Gasteiger partial charge in [-0.3, -0.25) is 4.90 Å². The third-order valence-corrected chi connectivity index (χ3v) is 10.4. The first kappa shape index (κ1) is 37.1. The lowest BCUT2D eigenvalue weighted by atomic mass is 9.81. The van der Waals surface area contributed by atoms with Crippen molar-refractivity contribution in [3.63, 3.8) is 0 Å². The number of benzene rings is 2. The second kappa shape index (κ2) is 15.4. The highest BCUT2D eigenvalue weighted by atomic mass is 16.7. The van der Waals surface area contributed by atoms with Crippen molar-refractivity contribution in [1.82, 2.24) is 15.1 Å². The number of carbonyl (C=O) groups is 1. The normalized spacial score (nSPS) is 31.4. The van der Waals surface area contributed by atoms with Gasteiger partial charge in [0, 0.05) is 41.7 Å². The number of nitrogens with one attached hydrogen (secondary N) is 1. The molecule has 2 fully saturated rings. The number of amides is 1. The van der Waals surface area contributed by atoms with E-state index in [1.165, 1.54) is 7.11 Å². The molecular weight excluding hydrogens is 634 g/mol. The number of phenolic OH excluding ortho intramolecular Hbond substituents is 1. The van der Waals surface area contributed by atoms with Crippen molar-refractivity contribution in [3.8, 4) is 17.2 Å². The standard InChI is InChI=1S/C36H53N3O10/c1-20-32(45-6)25-14-26(30-23(16-40)13-24(17-41)39(30)35(43)48-18-22-11-9-8-10-12-22)37-27(29(25)31(42)33(20)46-7)19-47-28-15-36(3,44)34(38(4)5)21(2)49-28/h8-12,21,23-24,26-28,30,34,37,40-42,44H,13-19H2,1-7H3/t21-,23-,24-,26-,27-,28+,30+,34+,36-/m0/s1. The van der Waals surface area contributed by atoms with Crippen LogP contribution in [0.4, 0.5) is 4.79 Å². The van der Waals surface area contributed by atoms with E-state index >= 15 is 0 Å². The van der Waals surface area contributed by atoms with Gasteiger partial charge in [-0.15, -0.1) is 0 Å². The van der Waals surface area contributed by atoms with E-state index in [-0.39, 0.29) is 62.4 Å². The van der Waals surface area contributed by atoms with Crippen LogP contribution in [-0.4, -0.2) is 127 Å². The van der Waals surface area contributed by atoms with Gasteiger partial charge in [-0.2, -0.15) is 0 Å². The van der Waals surface area contributed by atoms with E-state index < -0.39 is 42.2 Å². The predicted molar refractivity (Wildman–Crippen MR) is 181 cm³/mol.